The second kappa shape index (κ2) is 21.0. The van der Waals surface area contributed by atoms with Gasteiger partial charge >= 0.3 is 40.9 Å². The molecule has 298 valence electrons. The van der Waals surface area contributed by atoms with E-state index in [2.05, 4.69) is 126 Å². The van der Waals surface area contributed by atoms with Gasteiger partial charge in [0.25, 0.3) is 0 Å². The number of hydrogen-bond donors (Lipinski definition) is 0. The topological polar surface area (TPSA) is 88.9 Å². The van der Waals surface area contributed by atoms with Crippen LogP contribution >= 0.6 is 7.92 Å². The molecule has 1 aliphatic carbocycles. The minimum Gasteiger partial charge on any atom is -1.00 e. The first kappa shape index (κ1) is 51.9. The number of rotatable bonds is 11. The van der Waals surface area contributed by atoms with Crippen molar-refractivity contribution in [2.24, 2.45) is 0 Å². The van der Waals surface area contributed by atoms with E-state index in [0.29, 0.717) is 41.9 Å². The summed E-state index contributed by atoms with van der Waals surface area (Å²) in [5, 5.41) is 3.09. The van der Waals surface area contributed by atoms with Crippen LogP contribution in [-0.2, 0) is 42.4 Å². The number of hydrogen-bond acceptors (Lipinski definition) is 6. The fourth-order valence-electron chi connectivity index (χ4n) is 5.91. The van der Waals surface area contributed by atoms with Crippen molar-refractivity contribution >= 4 is 46.1 Å². The Bertz CT molecular complexity index is 1390. The normalized spacial score (nSPS) is 17.8. The van der Waals surface area contributed by atoms with Crippen molar-refractivity contribution in [3.05, 3.63) is 64.8 Å². The minimum absolute atomic E-state index is 0. The van der Waals surface area contributed by atoms with Crippen molar-refractivity contribution in [1.29, 1.82) is 0 Å². The third-order valence-electron chi connectivity index (χ3n) is 7.30. The Morgan fingerprint density at radius 3 is 1.04 bits per heavy atom. The van der Waals surface area contributed by atoms with Crippen molar-refractivity contribution < 1.29 is 83.2 Å². The Morgan fingerprint density at radius 1 is 0.608 bits per heavy atom. The number of nitrogens with zero attached hydrogens (tertiary/aromatic N) is 3. The predicted molar refractivity (Wildman–Crippen MR) is 178 cm³/mol. The van der Waals surface area contributed by atoms with E-state index in [0.717, 1.165) is 4.13 Å². The molecule has 7 nitrogen and oxygen atoms in total. The van der Waals surface area contributed by atoms with Crippen LogP contribution in [0.25, 0.3) is 4.13 Å². The van der Waals surface area contributed by atoms with Gasteiger partial charge in [-0.25, -0.2) is 16.8 Å². The summed E-state index contributed by atoms with van der Waals surface area (Å²) in [5.41, 5.74) is -11.7. The van der Waals surface area contributed by atoms with Crippen LogP contribution in [0.2, 0.25) is 0 Å². The maximum Gasteiger partial charge on any atom is 1.00 e. The van der Waals surface area contributed by atoms with Gasteiger partial charge in [-0.2, -0.15) is 26.3 Å². The first-order valence-corrected chi connectivity index (χ1v) is 19.5. The van der Waals surface area contributed by atoms with Crippen LogP contribution in [0.1, 0.15) is 55.4 Å². The quantitative estimate of drug-likeness (QED) is 0.191. The maximum absolute atomic E-state index is 11.4. The van der Waals surface area contributed by atoms with E-state index in [1.807, 2.05) is 0 Å². The van der Waals surface area contributed by atoms with Gasteiger partial charge in [-0.1, -0.05) is 36.4 Å². The number of benzene rings is 2. The summed E-state index contributed by atoms with van der Waals surface area (Å²) in [5.74, 6) is 0. The molecule has 0 spiro atoms. The van der Waals surface area contributed by atoms with Crippen LogP contribution in [0.3, 0.4) is 0 Å². The van der Waals surface area contributed by atoms with Crippen molar-refractivity contribution in [3.63, 3.8) is 0 Å². The van der Waals surface area contributed by atoms with Crippen LogP contribution in [0, 0.1) is 0 Å². The molecule has 3 rings (SSSR count). The molecule has 0 N–H and O–H groups in total. The molecule has 0 heterocycles. The van der Waals surface area contributed by atoms with Gasteiger partial charge in [-0.15, -0.1) is 0 Å². The second-order valence-electron chi connectivity index (χ2n) is 12.1. The molecule has 2 aromatic carbocycles. The van der Waals surface area contributed by atoms with Crippen LogP contribution in [0.5, 0.6) is 0 Å². The molecule has 0 aromatic heterocycles. The van der Waals surface area contributed by atoms with E-state index in [1.165, 1.54) is 0 Å². The van der Waals surface area contributed by atoms with Crippen LogP contribution in [0.15, 0.2) is 60.7 Å². The number of halogens is 10. The van der Waals surface area contributed by atoms with Gasteiger partial charge in [0.1, 0.15) is 5.66 Å². The molecular formula is C29H42AuBF10N3O4PS2. The molecule has 2 aromatic rings. The van der Waals surface area contributed by atoms with Crippen molar-refractivity contribution in [1.82, 2.24) is 9.80 Å². The number of alkyl halides is 6. The Balaban J connectivity index is 0. The van der Waals surface area contributed by atoms with E-state index in [-0.39, 0.29) is 27.1 Å². The summed E-state index contributed by atoms with van der Waals surface area (Å²) in [6.45, 7) is 19.0. The fourth-order valence-corrected chi connectivity index (χ4v) is 11.1. The van der Waals surface area contributed by atoms with Crippen LogP contribution < -0.4 is 15.3 Å². The largest absolute Gasteiger partial charge is 1.00 e. The molecule has 0 saturated heterocycles. The van der Waals surface area contributed by atoms with Crippen molar-refractivity contribution in [3.8, 4) is 0 Å². The Kier molecular flexibility index (Phi) is 21.4. The minimum atomic E-state index is -6.72. The van der Waals surface area contributed by atoms with Gasteiger partial charge in [-0.05, 0) is 79.7 Å². The Labute approximate surface area is 311 Å². The zero-order valence-corrected chi connectivity index (χ0v) is 33.6. The average molecular weight is 990 g/mol. The van der Waals surface area contributed by atoms with Crippen LogP contribution in [0.4, 0.5) is 39.3 Å². The molecule has 1 saturated carbocycles. The molecule has 51 heavy (non-hydrogen) atoms. The Morgan fingerprint density at radius 2 is 0.843 bits per heavy atom. The van der Waals surface area contributed by atoms with Gasteiger partial charge in [0.2, 0.25) is 0 Å². The molecular weight excluding hydrogens is 947 g/mol. The molecule has 2 unspecified atom stereocenters. The molecule has 0 amide bonds. The molecule has 0 bridgehead atoms. The molecule has 2 atom stereocenters. The standard InChI is InChI=1S/C27H41N2P.C2F6NO4S2.Au.BF3.FH/c1-19(2)28(20(3)4)25-26(29(21(5)6)22(7)8)27(25)30(23-15-11-9-12-16-23)24-17-13-10-14-18-24;3-1(4,5)14(10,11)9-15(12,13)2(6,7)8;;2-1(3)4;/h9-22,25-27H,1-8H3;;;;1H/q;-1;+1;;. The van der Waals surface area contributed by atoms with Gasteiger partial charge in [-0.3, -0.25) is 22.7 Å². The number of sulfonamides is 2. The Hall–Kier alpha value is -1.24. The predicted octanol–water partition coefficient (Wildman–Crippen LogP) is 4.15. The smallest absolute Gasteiger partial charge is 1.00 e. The zero-order valence-electron chi connectivity index (χ0n) is 28.8. The third kappa shape index (κ3) is 14.8. The summed E-state index contributed by atoms with van der Waals surface area (Å²) in [6.07, 6.45) is 0. The monoisotopic (exact) mass is 989 g/mol. The third-order valence-corrected chi connectivity index (χ3v) is 13.3. The molecule has 0 aliphatic heterocycles. The van der Waals surface area contributed by atoms with Gasteiger partial charge in [0.15, 0.2) is 20.0 Å². The fraction of sp³-hybridized carbons (Fsp3) is 0.586. The van der Waals surface area contributed by atoms with E-state index in [1.54, 1.807) is 10.6 Å². The van der Waals surface area contributed by atoms with E-state index in [4.69, 9.17) is 0 Å². The van der Waals surface area contributed by atoms with Gasteiger partial charge < -0.3 is 8.83 Å². The average Bonchev–Trinajstić information content (AvgIpc) is 3.59. The summed E-state index contributed by atoms with van der Waals surface area (Å²) >= 11 is 0. The van der Waals surface area contributed by atoms with E-state index in [9.17, 15) is 56.1 Å². The van der Waals surface area contributed by atoms with Crippen LogP contribution in [-0.4, -0.2) is 87.1 Å². The molecule has 1 fully saturated rings. The van der Waals surface area contributed by atoms with Crippen molar-refractivity contribution in [2.45, 2.75) is 108 Å². The summed E-state index contributed by atoms with van der Waals surface area (Å²) < 4.78 is 138. The molecule has 1 aliphatic rings. The second-order valence-corrected chi connectivity index (χ2v) is 18.2. The van der Waals surface area contributed by atoms with Gasteiger partial charge in [0, 0.05) is 24.2 Å². The molecule has 0 radical (unpaired) electrons. The summed E-state index contributed by atoms with van der Waals surface area (Å²) in [6, 6.07) is 26.1. The van der Waals surface area contributed by atoms with Crippen molar-refractivity contribution in [2.75, 3.05) is 0 Å². The maximum atomic E-state index is 11.4. The summed E-state index contributed by atoms with van der Waals surface area (Å²) in [4.78, 5) is 5.59. The SMILES string of the molecule is CC(C)N(C(C)C)C1C(N(C(C)C)C(C)C)C1[PH+](c1ccccc1)c1ccccc1.FB(F)F.O=S(=O)([N-]S(=O)(=O)C(F)(F)F)C(F)(F)F.[Au+].[F-]. The summed E-state index contributed by atoms with van der Waals surface area (Å²) in [7, 11) is -18.0. The first-order valence-electron chi connectivity index (χ1n) is 15.0. The van der Waals surface area contributed by atoms with E-state index >= 15 is 0 Å². The first-order chi connectivity index (χ1) is 22.2. The van der Waals surface area contributed by atoms with E-state index < -0.39 is 46.5 Å². The molecule has 22 heteroatoms. The van der Waals surface area contributed by atoms with Gasteiger partial charge in [0.05, 0.1) is 30.6 Å². The zero-order chi connectivity index (χ0) is 38.3.